The first-order valence-electron chi connectivity index (χ1n) is 8.69. The summed E-state index contributed by atoms with van der Waals surface area (Å²) < 4.78 is 0. The van der Waals surface area contributed by atoms with Crippen LogP contribution in [0.3, 0.4) is 0 Å². The van der Waals surface area contributed by atoms with Crippen LogP contribution in [0.5, 0.6) is 0 Å². The summed E-state index contributed by atoms with van der Waals surface area (Å²) in [5, 5.41) is 14.9. The van der Waals surface area contributed by atoms with Gasteiger partial charge in [-0.1, -0.05) is 41.7 Å². The van der Waals surface area contributed by atoms with Crippen LogP contribution >= 0.6 is 23.8 Å². The van der Waals surface area contributed by atoms with E-state index in [1.807, 2.05) is 37.3 Å². The fraction of sp³-hybridized carbons (Fsp3) is 0.333. The van der Waals surface area contributed by atoms with Gasteiger partial charge in [-0.15, -0.1) is 0 Å². The second kappa shape index (κ2) is 8.18. The Morgan fingerprint density at radius 1 is 1.38 bits per heavy atom. The van der Waals surface area contributed by atoms with Gasteiger partial charge in [0.15, 0.2) is 0 Å². The number of aliphatic hydroxyl groups is 1. The van der Waals surface area contributed by atoms with Gasteiger partial charge in [-0.05, 0) is 56.5 Å². The van der Waals surface area contributed by atoms with Crippen molar-refractivity contribution >= 4 is 28.8 Å². The molecule has 1 aromatic carbocycles. The van der Waals surface area contributed by atoms with E-state index in [4.69, 9.17) is 23.8 Å². The van der Waals surface area contributed by atoms with Crippen LogP contribution < -0.4 is 5.32 Å². The van der Waals surface area contributed by atoms with Crippen LogP contribution in [0.1, 0.15) is 42.5 Å². The molecule has 2 atom stereocenters. The molecule has 1 saturated carbocycles. The molecular weight excluding hydrogens is 364 g/mol. The summed E-state index contributed by atoms with van der Waals surface area (Å²) in [5.74, 6) is 6.10. The summed E-state index contributed by atoms with van der Waals surface area (Å²) in [5.41, 5.74) is 1.62. The number of benzene rings is 1. The Morgan fingerprint density at radius 2 is 2.23 bits per heavy atom. The van der Waals surface area contributed by atoms with Crippen molar-refractivity contribution in [1.29, 1.82) is 0 Å². The maximum atomic E-state index is 10.9. The zero-order chi connectivity index (χ0) is 18.6. The largest absolute Gasteiger partial charge is 0.378 e. The molecule has 5 heteroatoms. The minimum absolute atomic E-state index is 0.0921. The summed E-state index contributed by atoms with van der Waals surface area (Å²) in [4.78, 5) is 4.96. The van der Waals surface area contributed by atoms with Gasteiger partial charge in [0.25, 0.3) is 0 Å². The van der Waals surface area contributed by atoms with Crippen molar-refractivity contribution in [2.45, 2.75) is 44.2 Å². The molecule has 1 aromatic heterocycles. The number of hydrogen-bond donors (Lipinski definition) is 2. The lowest BCUT2D eigenvalue weighted by atomic mass is 9.82. The van der Waals surface area contributed by atoms with Crippen molar-refractivity contribution in [3.05, 3.63) is 64.4 Å². The van der Waals surface area contributed by atoms with Gasteiger partial charge in [0.1, 0.15) is 10.6 Å². The minimum Gasteiger partial charge on any atom is -0.378 e. The Labute approximate surface area is 164 Å². The highest BCUT2D eigenvalue weighted by molar-refractivity contribution is 7.80. The molecule has 1 heterocycles. The average Bonchev–Trinajstić information content (AvgIpc) is 2.61. The predicted octanol–water partition coefficient (Wildman–Crippen LogP) is 4.03. The van der Waals surface area contributed by atoms with Crippen molar-refractivity contribution in [3.8, 4) is 11.8 Å². The highest BCUT2D eigenvalue weighted by atomic mass is 35.5. The molecule has 134 valence electrons. The Kier molecular flexibility index (Phi) is 5.93. The molecule has 3 nitrogen and oxygen atoms in total. The zero-order valence-corrected chi connectivity index (χ0v) is 16.2. The van der Waals surface area contributed by atoms with Gasteiger partial charge in [-0.3, -0.25) is 4.98 Å². The van der Waals surface area contributed by atoms with Crippen molar-refractivity contribution in [2.75, 3.05) is 0 Å². The highest BCUT2D eigenvalue weighted by Gasteiger charge is 2.33. The Morgan fingerprint density at radius 3 is 3.00 bits per heavy atom. The maximum Gasteiger partial charge on any atom is 0.127 e. The van der Waals surface area contributed by atoms with Gasteiger partial charge in [0, 0.05) is 40.5 Å². The van der Waals surface area contributed by atoms with Crippen LogP contribution in [-0.2, 0) is 0 Å². The Balaban J connectivity index is 1.69. The van der Waals surface area contributed by atoms with Crippen LogP contribution in [0.2, 0.25) is 5.02 Å². The topological polar surface area (TPSA) is 45.2 Å². The molecule has 0 spiro atoms. The summed E-state index contributed by atoms with van der Waals surface area (Å²) in [7, 11) is 0. The monoisotopic (exact) mass is 384 g/mol. The molecule has 0 unspecified atom stereocenters. The molecule has 3 rings (SSSR count). The maximum absolute atomic E-state index is 10.9. The first-order chi connectivity index (χ1) is 12.5. The van der Waals surface area contributed by atoms with E-state index in [-0.39, 0.29) is 6.04 Å². The van der Waals surface area contributed by atoms with Gasteiger partial charge in [0.2, 0.25) is 0 Å². The van der Waals surface area contributed by atoms with Crippen LogP contribution in [0, 0.1) is 18.8 Å². The SMILES string of the molecule is Cc1ncccc1C(=S)N[C@H]1CCC[C@@](O)(C#Cc2cccc(Cl)c2)C1. The molecule has 0 amide bonds. The van der Waals surface area contributed by atoms with E-state index in [0.29, 0.717) is 22.9 Å². The predicted molar refractivity (Wildman–Crippen MR) is 109 cm³/mol. The summed E-state index contributed by atoms with van der Waals surface area (Å²) in [6, 6.07) is 11.3. The van der Waals surface area contributed by atoms with Crippen molar-refractivity contribution in [2.24, 2.45) is 0 Å². The van der Waals surface area contributed by atoms with Crippen molar-refractivity contribution in [1.82, 2.24) is 10.3 Å². The molecule has 1 aliphatic rings. The van der Waals surface area contributed by atoms with E-state index in [1.165, 1.54) is 0 Å². The second-order valence-electron chi connectivity index (χ2n) is 6.70. The average molecular weight is 385 g/mol. The molecule has 1 aliphatic carbocycles. The molecule has 0 bridgehead atoms. The van der Waals surface area contributed by atoms with Gasteiger partial charge >= 0.3 is 0 Å². The fourth-order valence-electron chi connectivity index (χ4n) is 3.23. The molecule has 1 fully saturated rings. The third kappa shape index (κ3) is 4.82. The number of aromatic nitrogens is 1. The van der Waals surface area contributed by atoms with Gasteiger partial charge < -0.3 is 10.4 Å². The molecular formula is C21H21ClN2OS. The van der Waals surface area contributed by atoms with Crippen LogP contribution in [0.15, 0.2) is 42.6 Å². The minimum atomic E-state index is -1.02. The summed E-state index contributed by atoms with van der Waals surface area (Å²) in [6.45, 7) is 1.94. The van der Waals surface area contributed by atoms with Crippen molar-refractivity contribution < 1.29 is 5.11 Å². The van der Waals surface area contributed by atoms with Gasteiger partial charge in [0.05, 0.1) is 0 Å². The number of nitrogens with zero attached hydrogens (tertiary/aromatic N) is 1. The van der Waals surface area contributed by atoms with E-state index in [9.17, 15) is 5.11 Å². The molecule has 2 aromatic rings. The zero-order valence-electron chi connectivity index (χ0n) is 14.6. The smallest absolute Gasteiger partial charge is 0.127 e. The molecule has 26 heavy (non-hydrogen) atoms. The van der Waals surface area contributed by atoms with Gasteiger partial charge in [-0.25, -0.2) is 0 Å². The lowest BCUT2D eigenvalue weighted by molar-refractivity contribution is 0.0501. The van der Waals surface area contributed by atoms with E-state index < -0.39 is 5.60 Å². The third-order valence-electron chi connectivity index (χ3n) is 4.58. The summed E-state index contributed by atoms with van der Waals surface area (Å²) in [6.07, 6.45) is 4.82. The quantitative estimate of drug-likeness (QED) is 0.606. The van der Waals surface area contributed by atoms with Crippen molar-refractivity contribution in [3.63, 3.8) is 0 Å². The molecule has 0 saturated heterocycles. The number of aryl methyl sites for hydroxylation is 1. The lowest BCUT2D eigenvalue weighted by Gasteiger charge is -2.34. The van der Waals surface area contributed by atoms with Crippen LogP contribution in [0.25, 0.3) is 0 Å². The number of hydrogen-bond acceptors (Lipinski definition) is 3. The number of thiocarbonyl (C=S) groups is 1. The Hall–Kier alpha value is -1.93. The first kappa shape index (κ1) is 18.8. The second-order valence-corrected chi connectivity index (χ2v) is 7.54. The van der Waals surface area contributed by atoms with Crippen LogP contribution in [-0.4, -0.2) is 26.7 Å². The number of nitrogens with one attached hydrogen (secondary N) is 1. The first-order valence-corrected chi connectivity index (χ1v) is 9.47. The third-order valence-corrected chi connectivity index (χ3v) is 5.15. The van der Waals surface area contributed by atoms with Crippen LogP contribution in [0.4, 0.5) is 0 Å². The standard InChI is InChI=1S/C21H21ClN2OS/c1-15-19(8-4-12-23-15)20(26)24-18-7-3-10-21(25,14-18)11-9-16-5-2-6-17(22)13-16/h2,4-6,8,12-13,18,25H,3,7,10,14H2,1H3,(H,24,26)/t18-,21+/m0/s1. The van der Waals surface area contributed by atoms with Gasteiger partial charge in [-0.2, -0.15) is 0 Å². The van der Waals surface area contributed by atoms with E-state index in [1.54, 1.807) is 12.3 Å². The molecule has 0 radical (unpaired) electrons. The number of rotatable bonds is 2. The number of halogens is 1. The lowest BCUT2D eigenvalue weighted by Crippen LogP contribution is -2.45. The van der Waals surface area contributed by atoms with E-state index in [0.717, 1.165) is 29.7 Å². The highest BCUT2D eigenvalue weighted by Crippen LogP contribution is 2.28. The Bertz CT molecular complexity index is 874. The summed E-state index contributed by atoms with van der Waals surface area (Å²) >= 11 is 11.5. The van der Waals surface area contributed by atoms with E-state index >= 15 is 0 Å². The normalized spacial score (nSPS) is 22.2. The fourth-order valence-corrected chi connectivity index (χ4v) is 3.80. The number of pyridine rings is 1. The molecule has 0 aliphatic heterocycles. The molecule has 2 N–H and O–H groups in total. The van der Waals surface area contributed by atoms with E-state index in [2.05, 4.69) is 22.1 Å².